The van der Waals surface area contributed by atoms with Crippen molar-refractivity contribution in [2.24, 2.45) is 0 Å². The fraction of sp³-hybridized carbons (Fsp3) is 0.263. The smallest absolute Gasteiger partial charge is 0.316 e. The number of hydrogen-bond acceptors (Lipinski definition) is 2. The molecular weight excluding hydrogens is 324 g/mol. The maximum atomic E-state index is 12.5. The molecule has 1 N–H and O–H groups in total. The Morgan fingerprint density at radius 2 is 2.00 bits per heavy atom. The van der Waals surface area contributed by atoms with Crippen molar-refractivity contribution < 1.29 is 9.59 Å². The van der Waals surface area contributed by atoms with E-state index < -0.39 is 11.8 Å². The van der Waals surface area contributed by atoms with E-state index in [1.165, 1.54) is 0 Å². The van der Waals surface area contributed by atoms with Crippen LogP contribution in [0.2, 0.25) is 5.02 Å². The van der Waals surface area contributed by atoms with E-state index in [1.807, 2.05) is 49.4 Å². The summed E-state index contributed by atoms with van der Waals surface area (Å²) in [5.74, 6) is -1.07. The van der Waals surface area contributed by atoms with E-state index in [1.54, 1.807) is 11.0 Å². The van der Waals surface area contributed by atoms with Gasteiger partial charge in [-0.15, -0.1) is 0 Å². The molecular formula is C19H19ClN2O2. The molecule has 0 saturated carbocycles. The van der Waals surface area contributed by atoms with Crippen molar-refractivity contribution in [3.05, 3.63) is 64.7 Å². The number of carbonyl (C=O) groups excluding carboxylic acids is 2. The van der Waals surface area contributed by atoms with Crippen LogP contribution in [0.4, 0.5) is 5.69 Å². The Hall–Kier alpha value is -2.33. The summed E-state index contributed by atoms with van der Waals surface area (Å²) >= 11 is 5.94. The molecule has 1 atom stereocenters. The number of amides is 2. The molecule has 3 rings (SSSR count). The lowest BCUT2D eigenvalue weighted by Gasteiger charge is -2.22. The average molecular weight is 343 g/mol. The molecule has 0 aromatic heterocycles. The third kappa shape index (κ3) is 3.44. The summed E-state index contributed by atoms with van der Waals surface area (Å²) in [6.45, 7) is 2.35. The summed E-state index contributed by atoms with van der Waals surface area (Å²) in [5, 5.41) is 3.37. The van der Waals surface area contributed by atoms with Gasteiger partial charge in [0.05, 0.1) is 0 Å². The minimum absolute atomic E-state index is 0.00594. The van der Waals surface area contributed by atoms with Gasteiger partial charge in [0.15, 0.2) is 0 Å². The van der Waals surface area contributed by atoms with Crippen LogP contribution in [0.5, 0.6) is 0 Å². The number of benzene rings is 2. The fourth-order valence-electron chi connectivity index (χ4n) is 3.07. The lowest BCUT2D eigenvalue weighted by Crippen LogP contribution is -2.46. The van der Waals surface area contributed by atoms with Crippen LogP contribution in [-0.2, 0) is 22.4 Å². The minimum Gasteiger partial charge on any atom is -0.347 e. The second kappa shape index (κ2) is 7.05. The van der Waals surface area contributed by atoms with Gasteiger partial charge in [0.2, 0.25) is 0 Å². The van der Waals surface area contributed by atoms with Gasteiger partial charge in [0.25, 0.3) is 0 Å². The highest BCUT2D eigenvalue weighted by atomic mass is 35.5. The van der Waals surface area contributed by atoms with Gasteiger partial charge in [-0.3, -0.25) is 9.59 Å². The monoisotopic (exact) mass is 342 g/mol. The fourth-order valence-corrected chi connectivity index (χ4v) is 3.29. The number of rotatable bonds is 3. The Kier molecular flexibility index (Phi) is 4.86. The highest BCUT2D eigenvalue weighted by Crippen LogP contribution is 2.31. The van der Waals surface area contributed by atoms with Gasteiger partial charge in [-0.05, 0) is 49.1 Å². The lowest BCUT2D eigenvalue weighted by molar-refractivity contribution is -0.137. The zero-order chi connectivity index (χ0) is 17.1. The van der Waals surface area contributed by atoms with Gasteiger partial charge in [-0.2, -0.15) is 0 Å². The van der Waals surface area contributed by atoms with Crippen LogP contribution in [0.15, 0.2) is 48.5 Å². The highest BCUT2D eigenvalue weighted by Gasteiger charge is 2.33. The van der Waals surface area contributed by atoms with Gasteiger partial charge in [0, 0.05) is 23.3 Å². The predicted octanol–water partition coefficient (Wildman–Crippen LogP) is 2.98. The third-order valence-corrected chi connectivity index (χ3v) is 4.44. The van der Waals surface area contributed by atoms with Crippen molar-refractivity contribution in [3.63, 3.8) is 0 Å². The van der Waals surface area contributed by atoms with E-state index in [9.17, 15) is 9.59 Å². The average Bonchev–Trinajstić information content (AvgIpc) is 2.90. The molecule has 0 radical (unpaired) electrons. The molecule has 1 aliphatic heterocycles. The van der Waals surface area contributed by atoms with Crippen molar-refractivity contribution in [2.75, 3.05) is 11.4 Å². The van der Waals surface area contributed by atoms with Crippen LogP contribution in [0.1, 0.15) is 18.1 Å². The molecule has 0 spiro atoms. The standard InChI is InChI=1S/C19H19ClN2O2/c1-13-11-15-6-2-3-8-17(15)22(13)19(24)18(23)21-10-9-14-5-4-7-16(20)12-14/h2-8,12-13H,9-11H2,1H3,(H,21,23). The second-order valence-electron chi connectivity index (χ2n) is 5.99. The van der Waals surface area contributed by atoms with Crippen molar-refractivity contribution in [1.82, 2.24) is 5.32 Å². The largest absolute Gasteiger partial charge is 0.347 e. The Morgan fingerprint density at radius 3 is 2.79 bits per heavy atom. The number of fused-ring (bicyclic) bond motifs is 1. The van der Waals surface area contributed by atoms with Crippen molar-refractivity contribution in [2.45, 2.75) is 25.8 Å². The molecule has 0 bridgehead atoms. The molecule has 2 amide bonds. The first-order valence-corrected chi connectivity index (χ1v) is 8.38. The molecule has 4 nitrogen and oxygen atoms in total. The van der Waals surface area contributed by atoms with E-state index in [-0.39, 0.29) is 6.04 Å². The molecule has 0 aliphatic carbocycles. The Balaban J connectivity index is 1.60. The SMILES string of the molecule is CC1Cc2ccccc2N1C(=O)C(=O)NCCc1cccc(Cl)c1. The van der Waals surface area contributed by atoms with Crippen LogP contribution in [0.3, 0.4) is 0 Å². The number of nitrogens with zero attached hydrogens (tertiary/aromatic N) is 1. The maximum absolute atomic E-state index is 12.5. The van der Waals surface area contributed by atoms with Crippen molar-refractivity contribution in [3.8, 4) is 0 Å². The first-order chi connectivity index (χ1) is 11.6. The summed E-state index contributed by atoms with van der Waals surface area (Å²) in [6, 6.07) is 15.2. The molecule has 1 aliphatic rings. The van der Waals surface area contributed by atoms with Gasteiger partial charge < -0.3 is 10.2 Å². The zero-order valence-electron chi connectivity index (χ0n) is 13.5. The van der Waals surface area contributed by atoms with Crippen LogP contribution in [0, 0.1) is 0 Å². The first kappa shape index (κ1) is 16.5. The second-order valence-corrected chi connectivity index (χ2v) is 6.43. The van der Waals surface area contributed by atoms with Crippen molar-refractivity contribution >= 4 is 29.1 Å². The topological polar surface area (TPSA) is 49.4 Å². The number of para-hydroxylation sites is 1. The molecule has 1 unspecified atom stereocenters. The molecule has 5 heteroatoms. The lowest BCUT2D eigenvalue weighted by atomic mass is 10.1. The molecule has 0 saturated heterocycles. The van der Waals surface area contributed by atoms with Gasteiger partial charge in [-0.1, -0.05) is 41.9 Å². The van der Waals surface area contributed by atoms with Gasteiger partial charge >= 0.3 is 11.8 Å². The third-order valence-electron chi connectivity index (χ3n) is 4.21. The molecule has 124 valence electrons. The Labute approximate surface area is 146 Å². The molecule has 2 aromatic rings. The number of carbonyl (C=O) groups is 2. The molecule has 24 heavy (non-hydrogen) atoms. The summed E-state index contributed by atoms with van der Waals surface area (Å²) in [7, 11) is 0. The van der Waals surface area contributed by atoms with Gasteiger partial charge in [-0.25, -0.2) is 0 Å². The molecule has 2 aromatic carbocycles. The quantitative estimate of drug-likeness (QED) is 0.872. The Morgan fingerprint density at radius 1 is 1.21 bits per heavy atom. The normalized spacial score (nSPS) is 15.9. The van der Waals surface area contributed by atoms with Crippen LogP contribution in [0.25, 0.3) is 0 Å². The van der Waals surface area contributed by atoms with E-state index in [4.69, 9.17) is 11.6 Å². The van der Waals surface area contributed by atoms with Crippen LogP contribution < -0.4 is 10.2 Å². The minimum atomic E-state index is -0.569. The molecule has 1 heterocycles. The number of halogens is 1. The van der Waals surface area contributed by atoms with Crippen molar-refractivity contribution in [1.29, 1.82) is 0 Å². The predicted molar refractivity (Wildman–Crippen MR) is 95.3 cm³/mol. The maximum Gasteiger partial charge on any atom is 0.316 e. The Bertz CT molecular complexity index is 775. The van der Waals surface area contributed by atoms with Gasteiger partial charge in [0.1, 0.15) is 0 Å². The van der Waals surface area contributed by atoms with E-state index in [2.05, 4.69) is 5.32 Å². The summed E-state index contributed by atoms with van der Waals surface area (Å²) < 4.78 is 0. The number of anilines is 1. The van der Waals surface area contributed by atoms with Crippen LogP contribution in [-0.4, -0.2) is 24.4 Å². The zero-order valence-corrected chi connectivity index (χ0v) is 14.2. The van der Waals surface area contributed by atoms with Crippen LogP contribution >= 0.6 is 11.6 Å². The van der Waals surface area contributed by atoms with E-state index in [0.717, 1.165) is 23.2 Å². The number of hydrogen-bond donors (Lipinski definition) is 1. The van der Waals surface area contributed by atoms with E-state index >= 15 is 0 Å². The summed E-state index contributed by atoms with van der Waals surface area (Å²) in [6.07, 6.45) is 1.41. The highest BCUT2D eigenvalue weighted by molar-refractivity contribution is 6.40. The molecule has 0 fully saturated rings. The summed E-state index contributed by atoms with van der Waals surface area (Å²) in [4.78, 5) is 26.3. The number of nitrogens with one attached hydrogen (secondary N) is 1. The first-order valence-electron chi connectivity index (χ1n) is 8.00. The van der Waals surface area contributed by atoms with E-state index in [0.29, 0.717) is 18.0 Å². The summed E-state index contributed by atoms with van der Waals surface area (Å²) in [5.41, 5.74) is 2.96.